The zero-order valence-corrected chi connectivity index (χ0v) is 13.4. The van der Waals surface area contributed by atoms with Crippen molar-refractivity contribution in [2.45, 2.75) is 13.3 Å². The highest BCUT2D eigenvalue weighted by Gasteiger charge is 2.22. The zero-order chi connectivity index (χ0) is 16.7. The third-order valence-corrected chi connectivity index (χ3v) is 4.11. The molecular formula is C19H16N2O3. The van der Waals surface area contributed by atoms with E-state index in [0.29, 0.717) is 29.4 Å². The average Bonchev–Trinajstić information content (AvgIpc) is 2.60. The highest BCUT2D eigenvalue weighted by molar-refractivity contribution is 5.59. The van der Waals surface area contributed by atoms with Crippen LogP contribution in [0, 0.1) is 6.92 Å². The summed E-state index contributed by atoms with van der Waals surface area (Å²) in [4.78, 5) is 19.9. The molecule has 0 saturated heterocycles. The minimum atomic E-state index is -0.176. The Balaban J connectivity index is 1.80. The maximum atomic E-state index is 12.5. The minimum absolute atomic E-state index is 0.176. The van der Waals surface area contributed by atoms with E-state index in [-0.39, 0.29) is 5.56 Å². The van der Waals surface area contributed by atoms with Crippen molar-refractivity contribution >= 4 is 0 Å². The molecule has 0 atom stereocenters. The number of hydrogen-bond donors (Lipinski definition) is 1. The second-order valence-electron chi connectivity index (χ2n) is 5.82. The molecule has 1 aliphatic heterocycles. The fraction of sp³-hybridized carbons (Fsp3) is 0.158. The van der Waals surface area contributed by atoms with Crippen molar-refractivity contribution in [2.75, 3.05) is 7.11 Å². The third kappa shape index (κ3) is 2.44. The van der Waals surface area contributed by atoms with Gasteiger partial charge in [0, 0.05) is 12.0 Å². The summed E-state index contributed by atoms with van der Waals surface area (Å²) in [6.45, 7) is 2.02. The number of benzene rings is 2. The largest absolute Gasteiger partial charge is 0.497 e. The highest BCUT2D eigenvalue weighted by Crippen LogP contribution is 2.34. The Morgan fingerprint density at radius 3 is 2.92 bits per heavy atom. The van der Waals surface area contributed by atoms with Crippen LogP contribution in [0.2, 0.25) is 0 Å². The van der Waals surface area contributed by atoms with Crippen molar-refractivity contribution in [1.29, 1.82) is 0 Å². The zero-order valence-electron chi connectivity index (χ0n) is 13.4. The van der Waals surface area contributed by atoms with Gasteiger partial charge in [0.2, 0.25) is 5.88 Å². The van der Waals surface area contributed by atoms with E-state index < -0.39 is 0 Å². The van der Waals surface area contributed by atoms with Crippen molar-refractivity contribution in [1.82, 2.24) is 9.97 Å². The molecule has 5 heteroatoms. The molecule has 0 spiro atoms. The fourth-order valence-corrected chi connectivity index (χ4v) is 2.87. The maximum absolute atomic E-state index is 12.5. The lowest BCUT2D eigenvalue weighted by molar-refractivity contribution is 0.415. The number of aromatic nitrogens is 2. The topological polar surface area (TPSA) is 64.2 Å². The standard InChI is InChI=1S/C19H16N2O3/c1-11-6-7-16-13(8-11)10-15-18(22)20-17(21-19(15)24-16)12-4-3-5-14(9-12)23-2/h3-9H,10H2,1-2H3,(H,20,21,22). The number of aromatic amines is 1. The molecule has 1 aromatic heterocycles. The Hall–Kier alpha value is -3.08. The molecule has 3 aromatic rings. The predicted octanol–water partition coefficient (Wildman–Crippen LogP) is 3.45. The maximum Gasteiger partial charge on any atom is 0.258 e. The molecule has 0 bridgehead atoms. The van der Waals surface area contributed by atoms with E-state index >= 15 is 0 Å². The normalized spacial score (nSPS) is 12.1. The van der Waals surface area contributed by atoms with Gasteiger partial charge in [-0.05, 0) is 30.7 Å². The van der Waals surface area contributed by atoms with E-state index in [4.69, 9.17) is 9.47 Å². The average molecular weight is 320 g/mol. The van der Waals surface area contributed by atoms with Crippen molar-refractivity contribution < 1.29 is 9.47 Å². The number of rotatable bonds is 2. The van der Waals surface area contributed by atoms with Crippen LogP contribution in [-0.2, 0) is 6.42 Å². The first-order valence-electron chi connectivity index (χ1n) is 7.69. The van der Waals surface area contributed by atoms with Gasteiger partial charge in [-0.25, -0.2) is 0 Å². The molecule has 0 radical (unpaired) electrons. The van der Waals surface area contributed by atoms with Gasteiger partial charge >= 0.3 is 0 Å². The van der Waals surface area contributed by atoms with Crippen molar-refractivity contribution in [3.05, 3.63) is 69.5 Å². The van der Waals surface area contributed by atoms with Gasteiger partial charge in [0.05, 0.1) is 12.7 Å². The summed E-state index contributed by atoms with van der Waals surface area (Å²) in [5.74, 6) is 2.29. The summed E-state index contributed by atoms with van der Waals surface area (Å²) in [5, 5.41) is 0. The molecule has 0 saturated carbocycles. The molecule has 0 aliphatic carbocycles. The van der Waals surface area contributed by atoms with Crippen LogP contribution in [0.4, 0.5) is 0 Å². The summed E-state index contributed by atoms with van der Waals surface area (Å²) in [7, 11) is 1.60. The molecule has 120 valence electrons. The van der Waals surface area contributed by atoms with Gasteiger partial charge in [-0.2, -0.15) is 4.98 Å². The van der Waals surface area contributed by atoms with Crippen LogP contribution in [0.3, 0.4) is 0 Å². The summed E-state index contributed by atoms with van der Waals surface area (Å²) < 4.78 is 11.1. The third-order valence-electron chi connectivity index (χ3n) is 4.11. The summed E-state index contributed by atoms with van der Waals surface area (Å²) in [5.41, 5.74) is 3.29. The van der Waals surface area contributed by atoms with Crippen LogP contribution in [0.25, 0.3) is 11.4 Å². The predicted molar refractivity (Wildman–Crippen MR) is 90.9 cm³/mol. The van der Waals surface area contributed by atoms with Crippen LogP contribution in [0.5, 0.6) is 17.4 Å². The minimum Gasteiger partial charge on any atom is -0.497 e. The van der Waals surface area contributed by atoms with Crippen molar-refractivity contribution in [2.24, 2.45) is 0 Å². The van der Waals surface area contributed by atoms with Gasteiger partial charge in [0.1, 0.15) is 17.3 Å². The number of methoxy groups -OCH3 is 1. The molecule has 5 nitrogen and oxygen atoms in total. The van der Waals surface area contributed by atoms with Gasteiger partial charge in [-0.15, -0.1) is 0 Å². The smallest absolute Gasteiger partial charge is 0.258 e. The molecule has 1 aliphatic rings. The van der Waals surface area contributed by atoms with Crippen molar-refractivity contribution in [3.8, 4) is 28.8 Å². The first kappa shape index (κ1) is 14.5. The number of H-pyrrole nitrogens is 1. The van der Waals surface area contributed by atoms with Crippen LogP contribution in [0.1, 0.15) is 16.7 Å². The van der Waals surface area contributed by atoms with E-state index in [9.17, 15) is 4.79 Å². The lowest BCUT2D eigenvalue weighted by Gasteiger charge is -2.19. The van der Waals surface area contributed by atoms with Gasteiger partial charge < -0.3 is 14.5 Å². The molecule has 2 heterocycles. The SMILES string of the molecule is COc1cccc(-c2nc3c(c(=O)[nH]2)Cc2cc(C)ccc2O3)c1. The molecule has 2 aromatic carbocycles. The second-order valence-corrected chi connectivity index (χ2v) is 5.82. The van der Waals surface area contributed by atoms with Gasteiger partial charge in [0.25, 0.3) is 5.56 Å². The number of ether oxygens (including phenoxy) is 2. The van der Waals surface area contributed by atoms with Gasteiger partial charge in [0.15, 0.2) is 0 Å². The first-order valence-corrected chi connectivity index (χ1v) is 7.69. The molecule has 0 fully saturated rings. The number of fused-ring (bicyclic) bond motifs is 2. The summed E-state index contributed by atoms with van der Waals surface area (Å²) >= 11 is 0. The highest BCUT2D eigenvalue weighted by atomic mass is 16.5. The van der Waals surface area contributed by atoms with E-state index in [2.05, 4.69) is 9.97 Å². The molecule has 24 heavy (non-hydrogen) atoms. The Kier molecular flexibility index (Phi) is 3.34. The monoisotopic (exact) mass is 320 g/mol. The van der Waals surface area contributed by atoms with E-state index in [1.54, 1.807) is 7.11 Å². The van der Waals surface area contributed by atoms with E-state index in [0.717, 1.165) is 22.4 Å². The molecule has 0 amide bonds. The quantitative estimate of drug-likeness (QED) is 0.614. The first-order chi connectivity index (χ1) is 11.6. The van der Waals surface area contributed by atoms with E-state index in [1.807, 2.05) is 49.4 Å². The van der Waals surface area contributed by atoms with Crippen LogP contribution in [0.15, 0.2) is 47.3 Å². The second kappa shape index (κ2) is 5.53. The van der Waals surface area contributed by atoms with Gasteiger partial charge in [-0.3, -0.25) is 4.79 Å². The Morgan fingerprint density at radius 2 is 2.08 bits per heavy atom. The molecule has 4 rings (SSSR count). The Bertz CT molecular complexity index is 992. The number of nitrogens with one attached hydrogen (secondary N) is 1. The fourth-order valence-electron chi connectivity index (χ4n) is 2.87. The lowest BCUT2D eigenvalue weighted by atomic mass is 10.0. The number of hydrogen-bond acceptors (Lipinski definition) is 4. The van der Waals surface area contributed by atoms with Crippen LogP contribution < -0.4 is 15.0 Å². The summed E-state index contributed by atoms with van der Waals surface area (Å²) in [6, 6.07) is 13.3. The van der Waals surface area contributed by atoms with Crippen LogP contribution >= 0.6 is 0 Å². The lowest BCUT2D eigenvalue weighted by Crippen LogP contribution is -2.20. The number of aryl methyl sites for hydroxylation is 1. The van der Waals surface area contributed by atoms with Gasteiger partial charge in [-0.1, -0.05) is 29.8 Å². The van der Waals surface area contributed by atoms with Crippen molar-refractivity contribution in [3.63, 3.8) is 0 Å². The van der Waals surface area contributed by atoms with E-state index in [1.165, 1.54) is 0 Å². The molecule has 0 unspecified atom stereocenters. The Morgan fingerprint density at radius 1 is 1.21 bits per heavy atom. The summed E-state index contributed by atoms with van der Waals surface area (Å²) in [6.07, 6.45) is 0.521. The number of nitrogens with zero attached hydrogens (tertiary/aromatic N) is 1. The molecule has 1 N–H and O–H groups in total. The molecular weight excluding hydrogens is 304 g/mol. The Labute approximate surface area is 138 Å². The van der Waals surface area contributed by atoms with Crippen LogP contribution in [-0.4, -0.2) is 17.1 Å².